The Kier molecular flexibility index (Phi) is 7.23. The molecule has 5 rings (SSSR count). The molecular formula is C26H35N5O3. The van der Waals surface area contributed by atoms with Crippen molar-refractivity contribution in [1.29, 1.82) is 0 Å². The molecular weight excluding hydrogens is 430 g/mol. The molecule has 2 saturated carbocycles. The maximum atomic E-state index is 12.6. The van der Waals surface area contributed by atoms with E-state index in [2.05, 4.69) is 20.4 Å². The predicted molar refractivity (Wildman–Crippen MR) is 128 cm³/mol. The monoisotopic (exact) mass is 465 g/mol. The molecule has 3 aliphatic rings. The Labute approximate surface area is 201 Å². The van der Waals surface area contributed by atoms with Crippen molar-refractivity contribution in [2.45, 2.75) is 69.7 Å². The molecule has 182 valence electrons. The van der Waals surface area contributed by atoms with E-state index in [1.54, 1.807) is 12.1 Å². The van der Waals surface area contributed by atoms with Crippen molar-refractivity contribution >= 4 is 11.8 Å². The van der Waals surface area contributed by atoms with Crippen molar-refractivity contribution in [1.82, 2.24) is 25.3 Å². The number of aromatic nitrogens is 2. The SMILES string of the molecule is O=C(NCC(=O)N1CCN(C2CCCCC2)CC1)c1ccc(-c2noc(C3CCCC3)n2)cc1. The largest absolute Gasteiger partial charge is 0.343 e. The third kappa shape index (κ3) is 5.32. The standard InChI is InChI=1S/C26H35N5O3/c32-23(31-16-14-30(15-17-31)22-8-2-1-3-9-22)18-27-25(33)20-12-10-19(11-13-20)24-28-26(34-29-24)21-6-4-5-7-21/h10-13,21-22H,1-9,14-18H2,(H,27,33). The van der Waals surface area contributed by atoms with Crippen LogP contribution in [0.15, 0.2) is 28.8 Å². The van der Waals surface area contributed by atoms with E-state index in [9.17, 15) is 9.59 Å². The third-order valence-corrected chi connectivity index (χ3v) is 7.71. The van der Waals surface area contributed by atoms with Crippen LogP contribution in [0.25, 0.3) is 11.4 Å². The summed E-state index contributed by atoms with van der Waals surface area (Å²) in [6.45, 7) is 3.38. The molecule has 1 aromatic carbocycles. The Morgan fingerprint density at radius 2 is 1.59 bits per heavy atom. The number of nitrogens with zero attached hydrogens (tertiary/aromatic N) is 4. The Hall–Kier alpha value is -2.74. The fourth-order valence-corrected chi connectivity index (χ4v) is 5.61. The fraction of sp³-hybridized carbons (Fsp3) is 0.615. The molecule has 1 aliphatic heterocycles. The Balaban J connectivity index is 1.08. The second-order valence-corrected chi connectivity index (χ2v) is 9.91. The van der Waals surface area contributed by atoms with Crippen molar-refractivity contribution < 1.29 is 14.1 Å². The molecule has 1 aromatic heterocycles. The summed E-state index contributed by atoms with van der Waals surface area (Å²) in [5.41, 5.74) is 1.33. The van der Waals surface area contributed by atoms with Gasteiger partial charge in [-0.25, -0.2) is 0 Å². The number of nitrogens with one attached hydrogen (secondary N) is 1. The summed E-state index contributed by atoms with van der Waals surface area (Å²) in [7, 11) is 0. The summed E-state index contributed by atoms with van der Waals surface area (Å²) >= 11 is 0. The quantitative estimate of drug-likeness (QED) is 0.701. The smallest absolute Gasteiger partial charge is 0.251 e. The summed E-state index contributed by atoms with van der Waals surface area (Å²) in [4.78, 5) is 34.2. The summed E-state index contributed by atoms with van der Waals surface area (Å²) in [5.74, 6) is 1.38. The lowest BCUT2D eigenvalue weighted by Gasteiger charge is -2.40. The zero-order valence-corrected chi connectivity index (χ0v) is 19.9. The highest BCUT2D eigenvalue weighted by Crippen LogP contribution is 2.33. The minimum atomic E-state index is -0.250. The molecule has 34 heavy (non-hydrogen) atoms. The van der Waals surface area contributed by atoms with Gasteiger partial charge < -0.3 is 14.7 Å². The van der Waals surface area contributed by atoms with Gasteiger partial charge in [0.15, 0.2) is 0 Å². The summed E-state index contributed by atoms with van der Waals surface area (Å²) in [6, 6.07) is 7.82. The topological polar surface area (TPSA) is 91.6 Å². The minimum Gasteiger partial charge on any atom is -0.343 e. The van der Waals surface area contributed by atoms with Gasteiger partial charge in [-0.15, -0.1) is 0 Å². The second-order valence-electron chi connectivity index (χ2n) is 9.91. The molecule has 1 N–H and O–H groups in total. The number of amides is 2. The van der Waals surface area contributed by atoms with Crippen LogP contribution in [0.1, 0.15) is 80.0 Å². The maximum absolute atomic E-state index is 12.6. The molecule has 0 spiro atoms. The van der Waals surface area contributed by atoms with Gasteiger partial charge in [0.1, 0.15) is 0 Å². The molecule has 1 saturated heterocycles. The van der Waals surface area contributed by atoms with E-state index in [1.807, 2.05) is 17.0 Å². The maximum Gasteiger partial charge on any atom is 0.251 e. The van der Waals surface area contributed by atoms with Gasteiger partial charge in [0.2, 0.25) is 17.6 Å². The van der Waals surface area contributed by atoms with Crippen molar-refractivity contribution in [2.75, 3.05) is 32.7 Å². The van der Waals surface area contributed by atoms with Crippen LogP contribution in [0.3, 0.4) is 0 Å². The number of hydrogen-bond donors (Lipinski definition) is 1. The van der Waals surface area contributed by atoms with Gasteiger partial charge in [-0.1, -0.05) is 49.4 Å². The first-order valence-corrected chi connectivity index (χ1v) is 12.9. The van der Waals surface area contributed by atoms with Crippen molar-refractivity contribution in [3.8, 4) is 11.4 Å². The van der Waals surface area contributed by atoms with Crippen LogP contribution in [0.2, 0.25) is 0 Å². The fourth-order valence-electron chi connectivity index (χ4n) is 5.61. The summed E-state index contributed by atoms with van der Waals surface area (Å²) < 4.78 is 5.46. The molecule has 3 fully saturated rings. The average Bonchev–Trinajstić information content (AvgIpc) is 3.60. The molecule has 0 unspecified atom stereocenters. The van der Waals surface area contributed by atoms with Crippen molar-refractivity contribution in [3.05, 3.63) is 35.7 Å². The van der Waals surface area contributed by atoms with Crippen LogP contribution in [-0.4, -0.2) is 70.5 Å². The molecule has 2 aliphatic carbocycles. The Bertz CT molecular complexity index is 969. The molecule has 2 aromatic rings. The van der Waals surface area contributed by atoms with Gasteiger partial charge in [0.25, 0.3) is 5.91 Å². The third-order valence-electron chi connectivity index (χ3n) is 7.71. The second kappa shape index (κ2) is 10.7. The van der Waals surface area contributed by atoms with E-state index in [0.29, 0.717) is 29.2 Å². The first-order valence-electron chi connectivity index (χ1n) is 12.9. The number of carbonyl (C=O) groups is 2. The molecule has 2 amide bonds. The van der Waals surface area contributed by atoms with Crippen LogP contribution in [0.4, 0.5) is 0 Å². The first kappa shape index (κ1) is 23.0. The summed E-state index contributed by atoms with van der Waals surface area (Å²) in [6.07, 6.45) is 11.2. The number of rotatable bonds is 6. The van der Waals surface area contributed by atoms with Crippen molar-refractivity contribution in [2.24, 2.45) is 0 Å². The summed E-state index contributed by atoms with van der Waals surface area (Å²) in [5, 5.41) is 6.89. The lowest BCUT2D eigenvalue weighted by molar-refractivity contribution is -0.132. The van der Waals surface area contributed by atoms with E-state index in [0.717, 1.165) is 44.6 Å². The lowest BCUT2D eigenvalue weighted by Crippen LogP contribution is -2.54. The van der Waals surface area contributed by atoms with E-state index in [1.165, 1.54) is 44.9 Å². The normalized spacial score (nSPS) is 20.5. The molecule has 0 atom stereocenters. The average molecular weight is 466 g/mol. The Morgan fingerprint density at radius 3 is 2.29 bits per heavy atom. The van der Waals surface area contributed by atoms with Crippen LogP contribution in [-0.2, 0) is 4.79 Å². The Morgan fingerprint density at radius 1 is 0.912 bits per heavy atom. The van der Waals surface area contributed by atoms with E-state index in [4.69, 9.17) is 4.52 Å². The van der Waals surface area contributed by atoms with Gasteiger partial charge in [0, 0.05) is 49.3 Å². The molecule has 8 nitrogen and oxygen atoms in total. The highest BCUT2D eigenvalue weighted by molar-refractivity contribution is 5.96. The molecule has 2 heterocycles. The number of hydrogen-bond acceptors (Lipinski definition) is 6. The predicted octanol–water partition coefficient (Wildman–Crippen LogP) is 3.60. The van der Waals surface area contributed by atoms with E-state index < -0.39 is 0 Å². The van der Waals surface area contributed by atoms with Crippen LogP contribution < -0.4 is 5.32 Å². The van der Waals surface area contributed by atoms with Gasteiger partial charge >= 0.3 is 0 Å². The van der Waals surface area contributed by atoms with Crippen LogP contribution >= 0.6 is 0 Å². The highest BCUT2D eigenvalue weighted by Gasteiger charge is 2.27. The molecule has 0 bridgehead atoms. The number of carbonyl (C=O) groups excluding carboxylic acids is 2. The zero-order valence-electron chi connectivity index (χ0n) is 19.9. The minimum absolute atomic E-state index is 0.0143. The number of piperazine rings is 1. The highest BCUT2D eigenvalue weighted by atomic mass is 16.5. The van der Waals surface area contributed by atoms with Crippen molar-refractivity contribution in [3.63, 3.8) is 0 Å². The van der Waals surface area contributed by atoms with Gasteiger partial charge in [-0.2, -0.15) is 4.98 Å². The molecule has 0 radical (unpaired) electrons. The lowest BCUT2D eigenvalue weighted by atomic mass is 9.94. The van der Waals surface area contributed by atoms with Gasteiger partial charge in [-0.3, -0.25) is 14.5 Å². The van der Waals surface area contributed by atoms with Gasteiger partial charge in [-0.05, 0) is 37.8 Å². The molecule has 8 heteroatoms. The van der Waals surface area contributed by atoms with Crippen LogP contribution in [0.5, 0.6) is 0 Å². The first-order chi connectivity index (χ1) is 16.7. The van der Waals surface area contributed by atoms with Crippen LogP contribution in [0, 0.1) is 0 Å². The van der Waals surface area contributed by atoms with E-state index in [-0.39, 0.29) is 18.4 Å². The van der Waals surface area contributed by atoms with E-state index >= 15 is 0 Å². The number of benzene rings is 1. The van der Waals surface area contributed by atoms with Gasteiger partial charge in [0.05, 0.1) is 6.54 Å². The zero-order chi connectivity index (χ0) is 23.3.